The van der Waals surface area contributed by atoms with Crippen LogP contribution in [-0.4, -0.2) is 15.2 Å². The summed E-state index contributed by atoms with van der Waals surface area (Å²) in [6.45, 7) is 1.59. The Hall–Kier alpha value is -2.42. The number of Topliss-reactive ketones (excluding diaryl/α,β-unsaturated/α-hetero) is 1. The molecule has 2 aromatic heterocycles. The lowest BCUT2D eigenvalue weighted by atomic mass is 10.0. The van der Waals surface area contributed by atoms with E-state index in [1.54, 1.807) is 13.1 Å². The molecule has 0 unspecified atom stereocenters. The Kier molecular flexibility index (Phi) is 2.45. The molecule has 3 heteroatoms. The Balaban J connectivity index is 2.33. The van der Waals surface area contributed by atoms with Crippen LogP contribution in [0.2, 0.25) is 0 Å². The van der Waals surface area contributed by atoms with Gasteiger partial charge in [-0.05, 0) is 19.1 Å². The van der Waals surface area contributed by atoms with Crippen LogP contribution in [0.5, 0.6) is 0 Å². The van der Waals surface area contributed by atoms with Crippen molar-refractivity contribution < 1.29 is 4.79 Å². The number of aromatic nitrogens is 2. The Bertz CT molecular complexity index is 728. The number of imidazole rings is 1. The zero-order valence-electron chi connectivity index (χ0n) is 10.00. The second-order valence-electron chi connectivity index (χ2n) is 4.17. The molecule has 0 aliphatic carbocycles. The van der Waals surface area contributed by atoms with E-state index in [1.807, 2.05) is 53.1 Å². The Morgan fingerprint density at radius 1 is 1.11 bits per heavy atom. The minimum Gasteiger partial charge on any atom is -0.300 e. The molecule has 0 aliphatic heterocycles. The number of benzene rings is 1. The van der Waals surface area contributed by atoms with Crippen LogP contribution in [0.3, 0.4) is 0 Å². The summed E-state index contributed by atoms with van der Waals surface area (Å²) in [5.41, 5.74) is 3.54. The number of hydrogen-bond acceptors (Lipinski definition) is 2. The molecule has 0 atom stereocenters. The molecule has 1 aromatic carbocycles. The van der Waals surface area contributed by atoms with Crippen LogP contribution in [-0.2, 0) is 0 Å². The zero-order valence-corrected chi connectivity index (χ0v) is 10.00. The van der Waals surface area contributed by atoms with E-state index in [2.05, 4.69) is 4.98 Å². The molecule has 18 heavy (non-hydrogen) atoms. The van der Waals surface area contributed by atoms with Crippen LogP contribution in [0.1, 0.15) is 17.3 Å². The van der Waals surface area contributed by atoms with Crippen molar-refractivity contribution in [2.45, 2.75) is 6.92 Å². The fourth-order valence-electron chi connectivity index (χ4n) is 2.18. The van der Waals surface area contributed by atoms with E-state index in [-0.39, 0.29) is 5.78 Å². The molecule has 2 heterocycles. The number of fused-ring (bicyclic) bond motifs is 1. The standard InChI is InChI=1S/C15H12N2O/c1-11(18)12-5-2-3-6-13(12)14-7-4-8-15-16-9-10-17(14)15/h2-10H,1H3. The first-order valence-electron chi connectivity index (χ1n) is 5.80. The quantitative estimate of drug-likeness (QED) is 0.640. The van der Waals surface area contributed by atoms with Gasteiger partial charge in [-0.3, -0.25) is 9.20 Å². The van der Waals surface area contributed by atoms with Gasteiger partial charge in [0.2, 0.25) is 0 Å². The summed E-state index contributed by atoms with van der Waals surface area (Å²) in [7, 11) is 0. The highest BCUT2D eigenvalue weighted by atomic mass is 16.1. The third-order valence-electron chi connectivity index (χ3n) is 3.01. The first kappa shape index (κ1) is 10.7. The van der Waals surface area contributed by atoms with Gasteiger partial charge in [0.15, 0.2) is 5.78 Å². The first-order chi connectivity index (χ1) is 8.77. The zero-order chi connectivity index (χ0) is 12.5. The van der Waals surface area contributed by atoms with Gasteiger partial charge in [-0.15, -0.1) is 0 Å². The number of carbonyl (C=O) groups is 1. The third-order valence-corrected chi connectivity index (χ3v) is 3.01. The van der Waals surface area contributed by atoms with Crippen molar-refractivity contribution in [1.82, 2.24) is 9.38 Å². The summed E-state index contributed by atoms with van der Waals surface area (Å²) in [6, 6.07) is 13.5. The molecule has 0 saturated carbocycles. The van der Waals surface area contributed by atoms with E-state index in [1.165, 1.54) is 0 Å². The summed E-state index contributed by atoms with van der Waals surface area (Å²) >= 11 is 0. The van der Waals surface area contributed by atoms with Gasteiger partial charge in [0.05, 0.1) is 5.69 Å². The Labute approximate surface area is 105 Å². The van der Waals surface area contributed by atoms with Crippen LogP contribution in [0.25, 0.3) is 16.9 Å². The van der Waals surface area contributed by atoms with Crippen molar-refractivity contribution in [2.75, 3.05) is 0 Å². The molecular formula is C15H12N2O. The fourth-order valence-corrected chi connectivity index (χ4v) is 2.18. The molecule has 0 N–H and O–H groups in total. The smallest absolute Gasteiger partial charge is 0.160 e. The maximum Gasteiger partial charge on any atom is 0.160 e. The minimum absolute atomic E-state index is 0.0720. The minimum atomic E-state index is 0.0720. The van der Waals surface area contributed by atoms with Crippen LogP contribution in [0, 0.1) is 0 Å². The van der Waals surface area contributed by atoms with Crippen molar-refractivity contribution in [1.29, 1.82) is 0 Å². The van der Waals surface area contributed by atoms with E-state index in [9.17, 15) is 4.79 Å². The van der Waals surface area contributed by atoms with Gasteiger partial charge in [0.25, 0.3) is 0 Å². The highest BCUT2D eigenvalue weighted by Gasteiger charge is 2.10. The predicted molar refractivity (Wildman–Crippen MR) is 70.6 cm³/mol. The number of carbonyl (C=O) groups excluding carboxylic acids is 1. The maximum atomic E-state index is 11.7. The topological polar surface area (TPSA) is 34.4 Å². The largest absolute Gasteiger partial charge is 0.300 e. The second-order valence-corrected chi connectivity index (χ2v) is 4.17. The van der Waals surface area contributed by atoms with Crippen LogP contribution < -0.4 is 0 Å². The third kappa shape index (κ3) is 1.61. The Morgan fingerprint density at radius 2 is 1.94 bits per heavy atom. The summed E-state index contributed by atoms with van der Waals surface area (Å²) in [5, 5.41) is 0. The van der Waals surface area contributed by atoms with E-state index in [0.717, 1.165) is 22.5 Å². The van der Waals surface area contributed by atoms with E-state index in [4.69, 9.17) is 0 Å². The van der Waals surface area contributed by atoms with E-state index in [0.29, 0.717) is 0 Å². The predicted octanol–water partition coefficient (Wildman–Crippen LogP) is 3.20. The molecule has 0 amide bonds. The van der Waals surface area contributed by atoms with E-state index < -0.39 is 0 Å². The lowest BCUT2D eigenvalue weighted by Gasteiger charge is -2.09. The summed E-state index contributed by atoms with van der Waals surface area (Å²) < 4.78 is 1.99. The molecule has 3 nitrogen and oxygen atoms in total. The lowest BCUT2D eigenvalue weighted by molar-refractivity contribution is 0.101. The average Bonchev–Trinajstić information content (AvgIpc) is 2.86. The van der Waals surface area contributed by atoms with Gasteiger partial charge in [-0.1, -0.05) is 30.3 Å². The van der Waals surface area contributed by atoms with Gasteiger partial charge in [-0.25, -0.2) is 4.98 Å². The maximum absolute atomic E-state index is 11.7. The van der Waals surface area contributed by atoms with Crippen LogP contribution in [0.15, 0.2) is 54.9 Å². The number of pyridine rings is 1. The fraction of sp³-hybridized carbons (Fsp3) is 0.0667. The molecule has 0 saturated heterocycles. The van der Waals surface area contributed by atoms with Crippen LogP contribution >= 0.6 is 0 Å². The number of rotatable bonds is 2. The van der Waals surface area contributed by atoms with Crippen molar-refractivity contribution in [3.8, 4) is 11.3 Å². The molecular weight excluding hydrogens is 224 g/mol. The van der Waals surface area contributed by atoms with E-state index >= 15 is 0 Å². The van der Waals surface area contributed by atoms with Gasteiger partial charge < -0.3 is 0 Å². The van der Waals surface area contributed by atoms with Gasteiger partial charge in [-0.2, -0.15) is 0 Å². The molecule has 88 valence electrons. The first-order valence-corrected chi connectivity index (χ1v) is 5.80. The highest BCUT2D eigenvalue weighted by molar-refractivity contribution is 6.00. The van der Waals surface area contributed by atoms with Gasteiger partial charge in [0.1, 0.15) is 5.65 Å². The van der Waals surface area contributed by atoms with Gasteiger partial charge in [0, 0.05) is 23.5 Å². The average molecular weight is 236 g/mol. The molecule has 0 spiro atoms. The summed E-state index contributed by atoms with van der Waals surface area (Å²) in [4.78, 5) is 15.9. The second kappa shape index (κ2) is 4.11. The number of ketones is 1. The van der Waals surface area contributed by atoms with Crippen molar-refractivity contribution >= 4 is 11.4 Å². The Morgan fingerprint density at radius 3 is 2.78 bits per heavy atom. The summed E-state index contributed by atoms with van der Waals surface area (Å²) in [6.07, 6.45) is 3.66. The van der Waals surface area contributed by atoms with Crippen LogP contribution in [0.4, 0.5) is 0 Å². The molecule has 0 bridgehead atoms. The van der Waals surface area contributed by atoms with Crippen molar-refractivity contribution in [3.05, 3.63) is 60.4 Å². The molecule has 3 aromatic rings. The number of hydrogen-bond donors (Lipinski definition) is 0. The lowest BCUT2D eigenvalue weighted by Crippen LogP contribution is -1.99. The van der Waals surface area contributed by atoms with Crippen molar-refractivity contribution in [3.63, 3.8) is 0 Å². The molecule has 3 rings (SSSR count). The molecule has 0 radical (unpaired) electrons. The number of nitrogens with zero attached hydrogens (tertiary/aromatic N) is 2. The van der Waals surface area contributed by atoms with Crippen molar-refractivity contribution in [2.24, 2.45) is 0 Å². The van der Waals surface area contributed by atoms with Gasteiger partial charge >= 0.3 is 0 Å². The normalized spacial score (nSPS) is 10.7. The molecule has 0 fully saturated rings. The summed E-state index contributed by atoms with van der Waals surface area (Å²) in [5.74, 6) is 0.0720. The monoisotopic (exact) mass is 236 g/mol. The highest BCUT2D eigenvalue weighted by Crippen LogP contribution is 2.24. The SMILES string of the molecule is CC(=O)c1ccccc1-c1cccc2nccn12. The molecule has 0 aliphatic rings.